The summed E-state index contributed by atoms with van der Waals surface area (Å²) in [4.78, 5) is 16.8. The fourth-order valence-electron chi connectivity index (χ4n) is 2.49. The van der Waals surface area contributed by atoms with Crippen LogP contribution < -0.4 is 20.7 Å². The number of para-hydroxylation sites is 1. The van der Waals surface area contributed by atoms with E-state index in [0.717, 1.165) is 11.3 Å². The zero-order valence-electron chi connectivity index (χ0n) is 16.6. The molecule has 29 heavy (non-hydrogen) atoms. The Morgan fingerprint density at radius 1 is 1.24 bits per heavy atom. The Morgan fingerprint density at radius 2 is 2.07 bits per heavy atom. The quantitative estimate of drug-likeness (QED) is 0.266. The number of hydrogen-bond acceptors (Lipinski definition) is 3. The van der Waals surface area contributed by atoms with Gasteiger partial charge in [-0.1, -0.05) is 42.8 Å². The molecular formula is C23H26N4O2. The lowest BCUT2D eigenvalue weighted by atomic mass is 10.2. The van der Waals surface area contributed by atoms with Gasteiger partial charge in [0.05, 0.1) is 13.1 Å². The zero-order valence-corrected chi connectivity index (χ0v) is 16.6. The lowest BCUT2D eigenvalue weighted by Crippen LogP contribution is -2.41. The van der Waals surface area contributed by atoms with Crippen LogP contribution in [0.25, 0.3) is 0 Å². The second-order valence-corrected chi connectivity index (χ2v) is 6.03. The normalized spacial score (nSPS) is 10.6. The highest BCUT2D eigenvalue weighted by Crippen LogP contribution is 2.18. The third-order valence-corrected chi connectivity index (χ3v) is 3.81. The second kappa shape index (κ2) is 11.9. The topological polar surface area (TPSA) is 74.8 Å². The average Bonchev–Trinajstić information content (AvgIpc) is 2.75. The van der Waals surface area contributed by atoms with E-state index in [9.17, 15) is 4.79 Å². The molecule has 0 unspecified atom stereocenters. The number of terminal acetylenes is 1. The maximum absolute atomic E-state index is 12.2. The highest BCUT2D eigenvalue weighted by molar-refractivity contribution is 5.95. The van der Waals surface area contributed by atoms with E-state index in [0.29, 0.717) is 36.9 Å². The highest BCUT2D eigenvalue weighted by atomic mass is 16.5. The average molecular weight is 390 g/mol. The van der Waals surface area contributed by atoms with E-state index in [-0.39, 0.29) is 12.5 Å². The van der Waals surface area contributed by atoms with E-state index in [1.54, 1.807) is 30.3 Å². The van der Waals surface area contributed by atoms with Crippen LogP contribution >= 0.6 is 0 Å². The summed E-state index contributed by atoms with van der Waals surface area (Å²) in [5.74, 6) is 3.65. The van der Waals surface area contributed by atoms with Crippen molar-refractivity contribution in [2.24, 2.45) is 4.99 Å². The van der Waals surface area contributed by atoms with Crippen LogP contribution in [-0.4, -0.2) is 31.6 Å². The van der Waals surface area contributed by atoms with Crippen LogP contribution in [0.4, 0.5) is 5.69 Å². The molecule has 0 saturated carbocycles. The largest absolute Gasteiger partial charge is 0.489 e. The predicted molar refractivity (Wildman–Crippen MR) is 118 cm³/mol. The Hall–Kier alpha value is -3.72. The number of amides is 1. The number of hydrogen-bond donors (Lipinski definition) is 3. The molecule has 1 amide bonds. The summed E-state index contributed by atoms with van der Waals surface area (Å²) in [7, 11) is 0. The van der Waals surface area contributed by atoms with Gasteiger partial charge in [-0.05, 0) is 31.2 Å². The lowest BCUT2D eigenvalue weighted by Gasteiger charge is -2.13. The molecule has 0 aliphatic rings. The first-order chi connectivity index (χ1) is 14.2. The van der Waals surface area contributed by atoms with E-state index in [2.05, 4.69) is 33.4 Å². The minimum atomic E-state index is -0.195. The molecule has 0 aliphatic carbocycles. The summed E-state index contributed by atoms with van der Waals surface area (Å²) in [6, 6.07) is 14.8. The van der Waals surface area contributed by atoms with Crippen LogP contribution in [-0.2, 0) is 11.3 Å². The standard InChI is InChI=1S/C23H26N4O2/c1-4-14-29-21-13-8-7-11-19(21)16-25-23(24-6-3)26-17-22(28)27-20-12-9-10-18(5-2)15-20/h2,4,7-13,15H,1,6,14,16-17H2,3H3,(H,27,28)(H2,24,25,26). The van der Waals surface area contributed by atoms with Crippen LogP contribution in [0, 0.1) is 12.3 Å². The van der Waals surface area contributed by atoms with Gasteiger partial charge in [-0.15, -0.1) is 6.42 Å². The van der Waals surface area contributed by atoms with Crippen molar-refractivity contribution in [3.63, 3.8) is 0 Å². The van der Waals surface area contributed by atoms with Gasteiger partial charge in [0.25, 0.3) is 0 Å². The van der Waals surface area contributed by atoms with E-state index < -0.39 is 0 Å². The Kier molecular flexibility index (Phi) is 8.84. The van der Waals surface area contributed by atoms with Gasteiger partial charge in [0.15, 0.2) is 5.96 Å². The summed E-state index contributed by atoms with van der Waals surface area (Å²) >= 11 is 0. The second-order valence-electron chi connectivity index (χ2n) is 6.03. The Bertz CT molecular complexity index is 900. The molecule has 0 aromatic heterocycles. The number of ether oxygens (including phenoxy) is 1. The van der Waals surface area contributed by atoms with Crippen LogP contribution in [0.1, 0.15) is 18.1 Å². The summed E-state index contributed by atoms with van der Waals surface area (Å²) in [5, 5.41) is 8.97. The zero-order chi connectivity index (χ0) is 20.9. The molecule has 0 spiro atoms. The molecule has 0 atom stereocenters. The summed E-state index contributed by atoms with van der Waals surface area (Å²) in [5.41, 5.74) is 2.31. The summed E-state index contributed by atoms with van der Waals surface area (Å²) in [6.45, 7) is 7.21. The van der Waals surface area contributed by atoms with E-state index in [1.165, 1.54) is 0 Å². The van der Waals surface area contributed by atoms with Gasteiger partial charge in [-0.3, -0.25) is 4.79 Å². The van der Waals surface area contributed by atoms with Gasteiger partial charge in [0, 0.05) is 23.4 Å². The number of carbonyl (C=O) groups is 1. The molecule has 2 rings (SSSR count). The molecular weight excluding hydrogens is 364 g/mol. The van der Waals surface area contributed by atoms with Crippen molar-refractivity contribution in [3.05, 3.63) is 72.3 Å². The first-order valence-electron chi connectivity index (χ1n) is 9.36. The fraction of sp³-hybridized carbons (Fsp3) is 0.217. The van der Waals surface area contributed by atoms with E-state index in [4.69, 9.17) is 11.2 Å². The van der Waals surface area contributed by atoms with Crippen molar-refractivity contribution in [3.8, 4) is 18.1 Å². The minimum Gasteiger partial charge on any atom is -0.489 e. The third-order valence-electron chi connectivity index (χ3n) is 3.81. The van der Waals surface area contributed by atoms with Crippen LogP contribution in [0.5, 0.6) is 5.75 Å². The van der Waals surface area contributed by atoms with Gasteiger partial charge in [0.2, 0.25) is 5.91 Å². The predicted octanol–water partition coefficient (Wildman–Crippen LogP) is 2.93. The first-order valence-corrected chi connectivity index (χ1v) is 9.36. The Balaban J connectivity index is 1.96. The van der Waals surface area contributed by atoms with E-state index >= 15 is 0 Å². The smallest absolute Gasteiger partial charge is 0.243 e. The maximum Gasteiger partial charge on any atom is 0.243 e. The van der Waals surface area contributed by atoms with Gasteiger partial charge in [-0.25, -0.2) is 4.99 Å². The summed E-state index contributed by atoms with van der Waals surface area (Å²) in [6.07, 6.45) is 7.09. The lowest BCUT2D eigenvalue weighted by molar-refractivity contribution is -0.115. The van der Waals surface area contributed by atoms with Crippen molar-refractivity contribution in [2.45, 2.75) is 13.5 Å². The maximum atomic E-state index is 12.2. The molecule has 0 bridgehead atoms. The van der Waals surface area contributed by atoms with Gasteiger partial charge in [-0.2, -0.15) is 0 Å². The Labute approximate surface area is 172 Å². The molecule has 0 aliphatic heterocycles. The fourth-order valence-corrected chi connectivity index (χ4v) is 2.49. The van der Waals surface area contributed by atoms with Crippen molar-refractivity contribution in [1.82, 2.24) is 10.6 Å². The number of carbonyl (C=O) groups excluding carboxylic acids is 1. The molecule has 6 nitrogen and oxygen atoms in total. The molecule has 150 valence electrons. The van der Waals surface area contributed by atoms with Crippen LogP contribution in [0.2, 0.25) is 0 Å². The van der Waals surface area contributed by atoms with Gasteiger partial charge < -0.3 is 20.7 Å². The number of benzene rings is 2. The highest BCUT2D eigenvalue weighted by Gasteiger charge is 2.06. The van der Waals surface area contributed by atoms with Crippen molar-refractivity contribution in [2.75, 3.05) is 25.0 Å². The van der Waals surface area contributed by atoms with Crippen molar-refractivity contribution < 1.29 is 9.53 Å². The van der Waals surface area contributed by atoms with E-state index in [1.807, 2.05) is 31.2 Å². The summed E-state index contributed by atoms with van der Waals surface area (Å²) < 4.78 is 5.66. The SMILES string of the molecule is C#Cc1cccc(NC(=O)CNC(=NCc2ccccc2OCC=C)NCC)c1. The van der Waals surface area contributed by atoms with Gasteiger partial charge >= 0.3 is 0 Å². The number of guanidine groups is 1. The molecule has 3 N–H and O–H groups in total. The minimum absolute atomic E-state index is 0.0702. The molecule has 0 saturated heterocycles. The first kappa shape index (κ1) is 21.6. The van der Waals surface area contributed by atoms with Crippen molar-refractivity contribution >= 4 is 17.6 Å². The van der Waals surface area contributed by atoms with Crippen LogP contribution in [0.3, 0.4) is 0 Å². The number of anilines is 1. The Morgan fingerprint density at radius 3 is 2.83 bits per heavy atom. The molecule has 0 heterocycles. The number of rotatable bonds is 9. The third kappa shape index (κ3) is 7.43. The number of nitrogens with one attached hydrogen (secondary N) is 3. The molecule has 6 heteroatoms. The molecule has 2 aromatic rings. The molecule has 2 aromatic carbocycles. The van der Waals surface area contributed by atoms with Gasteiger partial charge in [0.1, 0.15) is 12.4 Å². The monoisotopic (exact) mass is 390 g/mol. The van der Waals surface area contributed by atoms with Crippen molar-refractivity contribution in [1.29, 1.82) is 0 Å². The van der Waals surface area contributed by atoms with Crippen LogP contribution in [0.15, 0.2) is 66.2 Å². The molecule has 0 radical (unpaired) electrons. The number of aliphatic imine (C=N–C) groups is 1. The molecule has 0 fully saturated rings. The number of nitrogens with zero attached hydrogens (tertiary/aromatic N) is 1.